The molecule has 6 nitrogen and oxygen atoms in total. The molecule has 0 spiro atoms. The number of thioether (sulfide) groups is 1. The molecule has 26 heavy (non-hydrogen) atoms. The number of likely N-dealkylation sites (tertiary alicyclic amines) is 1. The van der Waals surface area contributed by atoms with E-state index < -0.39 is 0 Å². The minimum absolute atomic E-state index is 0.0961. The molecule has 1 saturated heterocycles. The number of nitrogen functional groups attached to an aromatic ring is 1. The topological polar surface area (TPSA) is 77.0 Å². The van der Waals surface area contributed by atoms with Crippen molar-refractivity contribution < 1.29 is 4.79 Å². The summed E-state index contributed by atoms with van der Waals surface area (Å²) < 4.78 is 1.34. The molecule has 0 radical (unpaired) electrons. The van der Waals surface area contributed by atoms with Crippen LogP contribution in [0.25, 0.3) is 11.4 Å². The molecule has 2 atom stereocenters. The van der Waals surface area contributed by atoms with Crippen molar-refractivity contribution >= 4 is 40.9 Å². The number of benzene rings is 1. The summed E-state index contributed by atoms with van der Waals surface area (Å²) in [6.45, 7) is 5.98. The van der Waals surface area contributed by atoms with Crippen LogP contribution >= 0.6 is 35.0 Å². The lowest BCUT2D eigenvalue weighted by Gasteiger charge is -2.34. The molecule has 0 unspecified atom stereocenters. The van der Waals surface area contributed by atoms with E-state index in [2.05, 4.69) is 24.0 Å². The summed E-state index contributed by atoms with van der Waals surface area (Å²) in [6.07, 6.45) is 1.16. The number of rotatable bonds is 4. The summed E-state index contributed by atoms with van der Waals surface area (Å²) in [5.41, 5.74) is 0.603. The van der Waals surface area contributed by atoms with Gasteiger partial charge in [0.1, 0.15) is 0 Å². The first-order chi connectivity index (χ1) is 12.3. The third-order valence-electron chi connectivity index (χ3n) is 4.38. The summed E-state index contributed by atoms with van der Waals surface area (Å²) in [7, 11) is 0. The second-order valence-electron chi connectivity index (χ2n) is 6.83. The molecule has 2 heterocycles. The Labute approximate surface area is 167 Å². The molecule has 140 valence electrons. The van der Waals surface area contributed by atoms with Gasteiger partial charge in [0.05, 0.1) is 10.8 Å². The summed E-state index contributed by atoms with van der Waals surface area (Å²) in [4.78, 5) is 14.4. The monoisotopic (exact) mass is 413 g/mol. The maximum Gasteiger partial charge on any atom is 0.233 e. The van der Waals surface area contributed by atoms with Gasteiger partial charge >= 0.3 is 0 Å². The molecule has 1 aliphatic rings. The first kappa shape index (κ1) is 19.3. The van der Waals surface area contributed by atoms with Crippen LogP contribution in [0.2, 0.25) is 10.0 Å². The van der Waals surface area contributed by atoms with Gasteiger partial charge in [0.15, 0.2) is 5.82 Å². The van der Waals surface area contributed by atoms with E-state index in [0.717, 1.165) is 19.5 Å². The number of halogens is 2. The van der Waals surface area contributed by atoms with Crippen molar-refractivity contribution in [1.29, 1.82) is 0 Å². The van der Waals surface area contributed by atoms with Gasteiger partial charge in [0.25, 0.3) is 0 Å². The van der Waals surface area contributed by atoms with Crippen LogP contribution in [0.3, 0.4) is 0 Å². The quantitative estimate of drug-likeness (QED) is 0.612. The third kappa shape index (κ3) is 4.27. The van der Waals surface area contributed by atoms with Crippen molar-refractivity contribution in [2.24, 2.45) is 11.8 Å². The van der Waals surface area contributed by atoms with E-state index in [1.54, 1.807) is 18.2 Å². The van der Waals surface area contributed by atoms with Gasteiger partial charge in [0.2, 0.25) is 11.1 Å². The van der Waals surface area contributed by atoms with Gasteiger partial charge in [-0.2, -0.15) is 0 Å². The zero-order valence-corrected chi connectivity index (χ0v) is 17.0. The molecule has 1 aromatic heterocycles. The van der Waals surface area contributed by atoms with Crippen molar-refractivity contribution in [1.82, 2.24) is 19.8 Å². The number of nitrogens with zero attached hydrogens (tertiary/aromatic N) is 4. The molecule has 0 aliphatic carbocycles. The first-order valence-electron chi connectivity index (χ1n) is 8.41. The van der Waals surface area contributed by atoms with Gasteiger partial charge in [-0.25, -0.2) is 4.68 Å². The number of hydrogen-bond donors (Lipinski definition) is 1. The van der Waals surface area contributed by atoms with E-state index in [9.17, 15) is 4.79 Å². The van der Waals surface area contributed by atoms with Crippen LogP contribution < -0.4 is 5.84 Å². The van der Waals surface area contributed by atoms with Gasteiger partial charge in [-0.1, -0.05) is 48.8 Å². The molecule has 9 heteroatoms. The van der Waals surface area contributed by atoms with Crippen molar-refractivity contribution in [3.05, 3.63) is 28.2 Å². The Kier molecular flexibility index (Phi) is 5.99. The largest absolute Gasteiger partial charge is 0.341 e. The van der Waals surface area contributed by atoms with Crippen LogP contribution in [-0.4, -0.2) is 44.5 Å². The molecule has 1 fully saturated rings. The van der Waals surface area contributed by atoms with Crippen LogP contribution in [0, 0.1) is 11.8 Å². The fourth-order valence-corrected chi connectivity index (χ4v) is 4.45. The zero-order valence-electron chi connectivity index (χ0n) is 14.7. The summed E-state index contributed by atoms with van der Waals surface area (Å²) in [5.74, 6) is 7.95. The minimum atomic E-state index is 0.0961. The average molecular weight is 414 g/mol. The molecule has 3 rings (SSSR count). The van der Waals surface area contributed by atoms with Crippen molar-refractivity contribution in [3.8, 4) is 11.4 Å². The molecule has 2 aromatic rings. The lowest BCUT2D eigenvalue weighted by molar-refractivity contribution is -0.130. The number of amides is 1. The predicted octanol–water partition coefficient (Wildman–Crippen LogP) is 3.56. The van der Waals surface area contributed by atoms with Crippen molar-refractivity contribution in [2.75, 3.05) is 24.7 Å². The average Bonchev–Trinajstić information content (AvgIpc) is 2.94. The number of aromatic nitrogens is 3. The highest BCUT2D eigenvalue weighted by Gasteiger charge is 2.26. The van der Waals surface area contributed by atoms with E-state index in [0.29, 0.717) is 38.4 Å². The van der Waals surface area contributed by atoms with Gasteiger partial charge < -0.3 is 10.7 Å². The third-order valence-corrected chi connectivity index (χ3v) is 5.87. The molecule has 1 amide bonds. The Morgan fingerprint density at radius 1 is 1.27 bits per heavy atom. The zero-order chi connectivity index (χ0) is 18.8. The molecular weight excluding hydrogens is 393 g/mol. The van der Waals surface area contributed by atoms with E-state index in [4.69, 9.17) is 29.0 Å². The fourth-order valence-electron chi connectivity index (χ4n) is 3.31. The molecule has 2 N–H and O–H groups in total. The molecular formula is C17H21Cl2N5OS. The maximum atomic E-state index is 12.5. The second-order valence-corrected chi connectivity index (χ2v) is 8.62. The molecule has 1 aromatic carbocycles. The maximum absolute atomic E-state index is 12.5. The van der Waals surface area contributed by atoms with E-state index in [1.807, 2.05) is 4.90 Å². The van der Waals surface area contributed by atoms with E-state index in [1.165, 1.54) is 16.4 Å². The second kappa shape index (κ2) is 8.06. The lowest BCUT2D eigenvalue weighted by Crippen LogP contribution is -2.43. The molecule has 0 bridgehead atoms. The van der Waals surface area contributed by atoms with Crippen molar-refractivity contribution in [2.45, 2.75) is 25.4 Å². The molecule has 0 saturated carbocycles. The smallest absolute Gasteiger partial charge is 0.233 e. The van der Waals surface area contributed by atoms with Crippen molar-refractivity contribution in [3.63, 3.8) is 0 Å². The standard InChI is InChI=1S/C17H21Cl2N5OS/c1-10-5-11(2)8-23(7-10)15(25)9-26-17-22-21-16(24(17)20)13-6-12(18)3-4-14(13)19/h3-4,6,10-11H,5,7-9,20H2,1-2H3/t10-,11-/m0/s1. The Morgan fingerprint density at radius 2 is 1.96 bits per heavy atom. The van der Waals surface area contributed by atoms with Crippen LogP contribution in [0.4, 0.5) is 0 Å². The van der Waals surface area contributed by atoms with Crippen LogP contribution in [0.15, 0.2) is 23.4 Å². The molecule has 1 aliphatic heterocycles. The SMILES string of the molecule is C[C@H]1C[C@H](C)CN(C(=O)CSc2nnc(-c3cc(Cl)ccc3Cl)n2N)C1. The number of carbonyl (C=O) groups is 1. The van der Waals surface area contributed by atoms with Crippen LogP contribution in [-0.2, 0) is 4.79 Å². The normalized spacial score (nSPS) is 20.4. The first-order valence-corrected chi connectivity index (χ1v) is 10.2. The number of hydrogen-bond acceptors (Lipinski definition) is 5. The Bertz CT molecular complexity index is 802. The van der Waals surface area contributed by atoms with Gasteiger partial charge in [-0.05, 0) is 36.5 Å². The Balaban J connectivity index is 1.69. The lowest BCUT2D eigenvalue weighted by atomic mass is 9.92. The predicted molar refractivity (Wildman–Crippen MR) is 106 cm³/mol. The van der Waals surface area contributed by atoms with Gasteiger partial charge in [-0.15, -0.1) is 10.2 Å². The summed E-state index contributed by atoms with van der Waals surface area (Å²) in [6, 6.07) is 5.07. The Hall–Kier alpha value is -1.44. The highest BCUT2D eigenvalue weighted by Crippen LogP contribution is 2.30. The van der Waals surface area contributed by atoms with Gasteiger partial charge in [-0.3, -0.25) is 4.79 Å². The highest BCUT2D eigenvalue weighted by atomic mass is 35.5. The van der Waals surface area contributed by atoms with Crippen LogP contribution in [0.5, 0.6) is 0 Å². The van der Waals surface area contributed by atoms with Gasteiger partial charge in [0, 0.05) is 23.7 Å². The van der Waals surface area contributed by atoms with E-state index in [-0.39, 0.29) is 11.7 Å². The number of carbonyl (C=O) groups excluding carboxylic acids is 1. The minimum Gasteiger partial charge on any atom is -0.341 e. The van der Waals surface area contributed by atoms with E-state index >= 15 is 0 Å². The highest BCUT2D eigenvalue weighted by molar-refractivity contribution is 7.99. The number of piperidine rings is 1. The fraction of sp³-hybridized carbons (Fsp3) is 0.471. The summed E-state index contributed by atoms with van der Waals surface area (Å²) >= 11 is 13.5. The van der Waals surface area contributed by atoms with Crippen LogP contribution in [0.1, 0.15) is 20.3 Å². The summed E-state index contributed by atoms with van der Waals surface area (Å²) in [5, 5.41) is 9.67. The Morgan fingerprint density at radius 3 is 2.65 bits per heavy atom. The number of nitrogens with two attached hydrogens (primary N) is 1.